The highest BCUT2D eigenvalue weighted by atomic mass is 32.1. The van der Waals surface area contributed by atoms with Crippen LogP contribution in [0.5, 0.6) is 11.5 Å². The van der Waals surface area contributed by atoms with E-state index in [4.69, 9.17) is 9.47 Å². The van der Waals surface area contributed by atoms with E-state index in [0.29, 0.717) is 35.3 Å². The van der Waals surface area contributed by atoms with Crippen molar-refractivity contribution < 1.29 is 19.1 Å². The Bertz CT molecular complexity index is 1080. The number of hydrogen-bond acceptors (Lipinski definition) is 7. The summed E-state index contributed by atoms with van der Waals surface area (Å²) in [6.45, 7) is 0.915. The number of nitrogens with zero attached hydrogens (tertiary/aromatic N) is 3. The molecule has 2 aliphatic heterocycles. The summed E-state index contributed by atoms with van der Waals surface area (Å²) in [5.41, 5.74) is 2.19. The maximum absolute atomic E-state index is 12.6. The van der Waals surface area contributed by atoms with E-state index in [0.717, 1.165) is 11.3 Å². The summed E-state index contributed by atoms with van der Waals surface area (Å²) in [5.74, 6) is 0.696. The summed E-state index contributed by atoms with van der Waals surface area (Å²) in [7, 11) is 0. The molecule has 0 aliphatic carbocycles. The highest BCUT2D eigenvalue weighted by Crippen LogP contribution is 2.33. The number of carbonyl (C=O) groups is 2. The van der Waals surface area contributed by atoms with Crippen LogP contribution in [0.25, 0.3) is 11.3 Å². The third-order valence-corrected chi connectivity index (χ3v) is 5.61. The molecule has 0 saturated carbocycles. The van der Waals surface area contributed by atoms with Gasteiger partial charge in [0.1, 0.15) is 0 Å². The Morgan fingerprint density at radius 1 is 1.17 bits per heavy atom. The van der Waals surface area contributed by atoms with Crippen LogP contribution in [0.3, 0.4) is 0 Å². The van der Waals surface area contributed by atoms with Crippen LogP contribution in [-0.4, -0.2) is 46.6 Å². The van der Waals surface area contributed by atoms with Gasteiger partial charge in [0.15, 0.2) is 16.6 Å². The van der Waals surface area contributed by atoms with Crippen molar-refractivity contribution in [3.63, 3.8) is 0 Å². The van der Waals surface area contributed by atoms with E-state index in [1.807, 2.05) is 17.5 Å². The first-order valence-electron chi connectivity index (χ1n) is 9.03. The fourth-order valence-electron chi connectivity index (χ4n) is 3.21. The molecule has 2 aromatic heterocycles. The predicted octanol–water partition coefficient (Wildman–Crippen LogP) is 2.64. The molecule has 8 nitrogen and oxygen atoms in total. The number of thiazole rings is 1. The third kappa shape index (κ3) is 3.40. The quantitative estimate of drug-likeness (QED) is 0.713. The van der Waals surface area contributed by atoms with E-state index in [9.17, 15) is 9.59 Å². The number of anilines is 1. The fourth-order valence-corrected chi connectivity index (χ4v) is 3.93. The number of likely N-dealkylation sites (tertiary alicyclic amines) is 1. The number of benzene rings is 1. The molecule has 0 radical (unpaired) electrons. The summed E-state index contributed by atoms with van der Waals surface area (Å²) in [6, 6.07) is 8.86. The Morgan fingerprint density at radius 2 is 2.03 bits per heavy atom. The van der Waals surface area contributed by atoms with Gasteiger partial charge in [0, 0.05) is 42.0 Å². The van der Waals surface area contributed by atoms with Crippen LogP contribution in [0.2, 0.25) is 0 Å². The van der Waals surface area contributed by atoms with Crippen molar-refractivity contribution in [1.82, 2.24) is 14.9 Å². The van der Waals surface area contributed by atoms with E-state index >= 15 is 0 Å². The lowest BCUT2D eigenvalue weighted by molar-refractivity contribution is -0.123. The molecule has 3 aromatic rings. The van der Waals surface area contributed by atoms with Crippen molar-refractivity contribution in [2.75, 3.05) is 25.2 Å². The minimum atomic E-state index is -0.251. The Labute approximate surface area is 170 Å². The molecule has 2 amide bonds. The smallest absolute Gasteiger partial charge is 0.254 e. The highest BCUT2D eigenvalue weighted by Gasteiger charge is 2.36. The van der Waals surface area contributed by atoms with Gasteiger partial charge in [0.25, 0.3) is 5.91 Å². The molecule has 9 heteroatoms. The molecular formula is C20H16N4O4S. The number of nitrogens with one attached hydrogen (secondary N) is 1. The van der Waals surface area contributed by atoms with Crippen LogP contribution >= 0.6 is 11.3 Å². The van der Waals surface area contributed by atoms with Gasteiger partial charge in [-0.1, -0.05) is 0 Å². The van der Waals surface area contributed by atoms with Gasteiger partial charge in [-0.25, -0.2) is 4.98 Å². The molecule has 1 aromatic carbocycles. The number of pyridine rings is 1. The Hall–Kier alpha value is -3.46. The van der Waals surface area contributed by atoms with Crippen molar-refractivity contribution in [2.24, 2.45) is 5.92 Å². The van der Waals surface area contributed by atoms with Crippen molar-refractivity contribution in [2.45, 2.75) is 0 Å². The fraction of sp³-hybridized carbons (Fsp3) is 0.200. The average Bonchev–Trinajstić information content (AvgIpc) is 3.36. The Balaban J connectivity index is 1.17. The number of ether oxygens (including phenoxy) is 2. The number of carbonyl (C=O) groups excluding carboxylic acids is 2. The monoisotopic (exact) mass is 408 g/mol. The number of hydrogen-bond donors (Lipinski definition) is 1. The predicted molar refractivity (Wildman–Crippen MR) is 106 cm³/mol. The van der Waals surface area contributed by atoms with Crippen LogP contribution in [0, 0.1) is 5.92 Å². The molecule has 0 spiro atoms. The second-order valence-corrected chi connectivity index (χ2v) is 7.60. The van der Waals surface area contributed by atoms with Gasteiger partial charge < -0.3 is 19.7 Å². The lowest BCUT2D eigenvalue weighted by atomic mass is 9.98. The molecule has 1 saturated heterocycles. The van der Waals surface area contributed by atoms with Gasteiger partial charge in [-0.2, -0.15) is 0 Å². The van der Waals surface area contributed by atoms with Gasteiger partial charge in [-0.05, 0) is 30.3 Å². The van der Waals surface area contributed by atoms with E-state index in [-0.39, 0.29) is 24.5 Å². The van der Waals surface area contributed by atoms with E-state index in [1.165, 1.54) is 11.3 Å². The van der Waals surface area contributed by atoms with E-state index in [2.05, 4.69) is 15.3 Å². The van der Waals surface area contributed by atoms with E-state index < -0.39 is 0 Å². The summed E-state index contributed by atoms with van der Waals surface area (Å²) in [4.78, 5) is 35.2. The van der Waals surface area contributed by atoms with Gasteiger partial charge in [-0.15, -0.1) is 11.3 Å². The Kier molecular flexibility index (Phi) is 4.36. The van der Waals surface area contributed by atoms with Gasteiger partial charge in [0.2, 0.25) is 12.7 Å². The molecule has 1 N–H and O–H groups in total. The van der Waals surface area contributed by atoms with Crippen molar-refractivity contribution >= 4 is 28.3 Å². The van der Waals surface area contributed by atoms with Crippen LogP contribution in [0.1, 0.15) is 10.4 Å². The molecule has 146 valence electrons. The first-order chi connectivity index (χ1) is 14.2. The molecular weight excluding hydrogens is 392 g/mol. The molecule has 0 atom stereocenters. The number of rotatable bonds is 4. The second kappa shape index (κ2) is 7.17. The molecule has 0 unspecified atom stereocenters. The van der Waals surface area contributed by atoms with Gasteiger partial charge in [-0.3, -0.25) is 14.6 Å². The Morgan fingerprint density at radius 3 is 2.86 bits per heavy atom. The summed E-state index contributed by atoms with van der Waals surface area (Å²) < 4.78 is 10.6. The lowest BCUT2D eigenvalue weighted by Crippen LogP contribution is -2.54. The highest BCUT2D eigenvalue weighted by molar-refractivity contribution is 7.14. The molecule has 1 fully saturated rings. The molecule has 0 bridgehead atoms. The zero-order chi connectivity index (χ0) is 19.8. The standard InChI is InChI=1S/C20H16N4O4S/c25-18(23-20-22-15(10-29-20)13-2-1-5-21-7-13)14-8-24(9-14)19(26)12-3-4-16-17(6-12)28-11-27-16/h1-7,10,14H,8-9,11H2,(H,22,23,25). The number of fused-ring (bicyclic) bond motifs is 1. The molecule has 29 heavy (non-hydrogen) atoms. The zero-order valence-corrected chi connectivity index (χ0v) is 16.0. The van der Waals surface area contributed by atoms with Crippen LogP contribution < -0.4 is 14.8 Å². The summed E-state index contributed by atoms with van der Waals surface area (Å²) >= 11 is 1.36. The van der Waals surface area contributed by atoms with Crippen LogP contribution in [-0.2, 0) is 4.79 Å². The first-order valence-corrected chi connectivity index (χ1v) is 9.91. The normalized spacial score (nSPS) is 15.1. The summed E-state index contributed by atoms with van der Waals surface area (Å²) in [5, 5.41) is 5.26. The molecule has 4 heterocycles. The first kappa shape index (κ1) is 17.6. The maximum Gasteiger partial charge on any atom is 0.254 e. The van der Waals surface area contributed by atoms with E-state index in [1.54, 1.807) is 35.5 Å². The molecule has 5 rings (SSSR count). The largest absolute Gasteiger partial charge is 0.454 e. The van der Waals surface area contributed by atoms with Crippen LogP contribution in [0.4, 0.5) is 5.13 Å². The number of amides is 2. The summed E-state index contributed by atoms with van der Waals surface area (Å²) in [6.07, 6.45) is 3.43. The molecule has 2 aliphatic rings. The second-order valence-electron chi connectivity index (χ2n) is 6.74. The lowest BCUT2D eigenvalue weighted by Gasteiger charge is -2.38. The van der Waals surface area contributed by atoms with Gasteiger partial charge in [0.05, 0.1) is 11.6 Å². The average molecular weight is 408 g/mol. The van der Waals surface area contributed by atoms with Gasteiger partial charge >= 0.3 is 0 Å². The van der Waals surface area contributed by atoms with Crippen LogP contribution in [0.15, 0.2) is 48.1 Å². The van der Waals surface area contributed by atoms with Crippen molar-refractivity contribution in [3.8, 4) is 22.8 Å². The SMILES string of the molecule is O=C(Nc1nc(-c2cccnc2)cs1)C1CN(C(=O)c2ccc3c(c2)OCO3)C1. The topological polar surface area (TPSA) is 93.7 Å². The third-order valence-electron chi connectivity index (χ3n) is 4.85. The zero-order valence-electron chi connectivity index (χ0n) is 15.2. The van der Waals surface area contributed by atoms with Crippen molar-refractivity contribution in [1.29, 1.82) is 0 Å². The minimum Gasteiger partial charge on any atom is -0.454 e. The van der Waals surface area contributed by atoms with Crippen molar-refractivity contribution in [3.05, 3.63) is 53.7 Å². The minimum absolute atomic E-state index is 0.125. The number of aromatic nitrogens is 2. The maximum atomic E-state index is 12.6.